The quantitative estimate of drug-likeness (QED) is 0.332. The molecule has 0 bridgehead atoms. The summed E-state index contributed by atoms with van der Waals surface area (Å²) in [5.74, 6) is 0. The van der Waals surface area contributed by atoms with Crippen molar-refractivity contribution in [2.75, 3.05) is 6.61 Å². The highest BCUT2D eigenvalue weighted by molar-refractivity contribution is 7.46. The van der Waals surface area contributed by atoms with Gasteiger partial charge in [0.2, 0.25) is 0 Å². The van der Waals surface area contributed by atoms with E-state index >= 15 is 0 Å². The van der Waals surface area contributed by atoms with Crippen molar-refractivity contribution in [3.63, 3.8) is 0 Å². The molecular weight excluding hydrogens is 233 g/mol. The number of hydrogen-bond acceptors (Lipinski definition) is 4. The predicted molar refractivity (Wildman–Crippen MR) is 48.1 cm³/mol. The maximum absolute atomic E-state index is 10.3. The van der Waals surface area contributed by atoms with Crippen LogP contribution in [-0.4, -0.2) is 52.9 Å². The van der Waals surface area contributed by atoms with E-state index in [1.54, 1.807) is 0 Å². The molecular formula is C5H9BClO6P. The first-order valence-electron chi connectivity index (χ1n) is 3.74. The van der Waals surface area contributed by atoms with Crippen molar-refractivity contribution in [1.29, 1.82) is 0 Å². The van der Waals surface area contributed by atoms with E-state index in [-0.39, 0.29) is 0 Å². The Morgan fingerprint density at radius 2 is 2.14 bits per heavy atom. The Kier molecular flexibility index (Phi) is 3.99. The lowest BCUT2D eigenvalue weighted by Gasteiger charge is -2.14. The molecule has 4 atom stereocenters. The van der Waals surface area contributed by atoms with Crippen LogP contribution in [0.2, 0.25) is 0 Å². The SMILES string of the molecule is [B][C@@H]1OC(COP(=O)(O)O)[C@@H](O)C1Cl. The predicted octanol–water partition coefficient (Wildman–Crippen LogP) is -1.04. The summed E-state index contributed by atoms with van der Waals surface area (Å²) in [6, 6.07) is -0.864. The van der Waals surface area contributed by atoms with E-state index in [0.717, 1.165) is 0 Å². The molecule has 9 heteroatoms. The van der Waals surface area contributed by atoms with Crippen LogP contribution >= 0.6 is 19.4 Å². The van der Waals surface area contributed by atoms with Crippen LogP contribution in [0.1, 0.15) is 0 Å². The molecule has 1 aliphatic rings. The Morgan fingerprint density at radius 1 is 1.57 bits per heavy atom. The first-order chi connectivity index (χ1) is 6.31. The molecule has 0 amide bonds. The van der Waals surface area contributed by atoms with Crippen molar-refractivity contribution in [3.05, 3.63) is 0 Å². The average molecular weight is 242 g/mol. The van der Waals surface area contributed by atoms with E-state index in [2.05, 4.69) is 4.52 Å². The molecule has 80 valence electrons. The summed E-state index contributed by atoms with van der Waals surface area (Å²) in [4.78, 5) is 16.8. The molecule has 2 radical (unpaired) electrons. The molecule has 0 spiro atoms. The van der Waals surface area contributed by atoms with Gasteiger partial charge in [0.1, 0.15) is 20.1 Å². The summed E-state index contributed by atoms with van der Waals surface area (Å²) in [5, 5.41) is 8.55. The molecule has 0 aliphatic carbocycles. The molecule has 3 N–H and O–H groups in total. The van der Waals surface area contributed by atoms with Crippen molar-refractivity contribution in [3.8, 4) is 0 Å². The molecule has 1 aliphatic heterocycles. The van der Waals surface area contributed by atoms with Crippen LogP contribution in [0, 0.1) is 0 Å². The number of alkyl halides is 1. The first kappa shape index (κ1) is 12.5. The Hall–Kier alpha value is 0.385. The zero-order valence-electron chi connectivity index (χ0n) is 6.99. The Bertz CT molecular complexity index is 246. The van der Waals surface area contributed by atoms with Gasteiger partial charge in [-0.15, -0.1) is 11.6 Å². The van der Waals surface area contributed by atoms with Gasteiger partial charge in [-0.25, -0.2) is 4.57 Å². The number of rotatable bonds is 3. The number of phosphoric acid groups is 1. The molecule has 0 aromatic carbocycles. The summed E-state index contributed by atoms with van der Waals surface area (Å²) in [7, 11) is 0.775. The number of phosphoric ester groups is 1. The zero-order chi connectivity index (χ0) is 10.9. The Labute approximate surface area is 86.8 Å². The lowest BCUT2D eigenvalue weighted by atomic mass is 9.95. The van der Waals surface area contributed by atoms with Gasteiger partial charge in [-0.3, -0.25) is 4.52 Å². The highest BCUT2D eigenvalue weighted by Crippen LogP contribution is 2.37. The fraction of sp³-hybridized carbons (Fsp3) is 1.00. The zero-order valence-corrected chi connectivity index (χ0v) is 8.64. The third kappa shape index (κ3) is 3.20. The normalized spacial score (nSPS) is 38.9. The standard InChI is InChI=1S/C5H9BClO6P/c6-5-3(7)4(8)2(13-5)1-12-14(9,10)11/h2-5,8H,1H2,(H2,9,10,11)/t2?,3?,4-,5-/m1/s1. The average Bonchev–Trinajstić information content (AvgIpc) is 2.28. The molecule has 1 fully saturated rings. The van der Waals surface area contributed by atoms with Crippen molar-refractivity contribution >= 4 is 27.3 Å². The van der Waals surface area contributed by atoms with Crippen molar-refractivity contribution in [1.82, 2.24) is 0 Å². The lowest BCUT2D eigenvalue weighted by Crippen LogP contribution is -2.31. The summed E-state index contributed by atoms with van der Waals surface area (Å²) in [5.41, 5.74) is 0. The van der Waals surface area contributed by atoms with Gasteiger partial charge in [-0.2, -0.15) is 0 Å². The fourth-order valence-corrected chi connectivity index (χ4v) is 1.63. The molecule has 6 nitrogen and oxygen atoms in total. The largest absolute Gasteiger partial charge is 0.469 e. The van der Waals surface area contributed by atoms with E-state index in [0.29, 0.717) is 0 Å². The van der Waals surface area contributed by atoms with E-state index in [1.807, 2.05) is 0 Å². The molecule has 0 aromatic rings. The molecule has 14 heavy (non-hydrogen) atoms. The second-order valence-corrected chi connectivity index (χ2v) is 4.60. The molecule has 2 unspecified atom stereocenters. The summed E-state index contributed by atoms with van der Waals surface area (Å²) < 4.78 is 19.4. The minimum absolute atomic E-state index is 0.456. The van der Waals surface area contributed by atoms with Crippen LogP contribution in [0.5, 0.6) is 0 Å². The second-order valence-electron chi connectivity index (χ2n) is 2.86. The van der Waals surface area contributed by atoms with Crippen molar-refractivity contribution < 1.29 is 28.7 Å². The van der Waals surface area contributed by atoms with Gasteiger partial charge in [-0.1, -0.05) is 0 Å². The number of halogens is 1. The van der Waals surface area contributed by atoms with Gasteiger partial charge in [0, 0.05) is 6.00 Å². The van der Waals surface area contributed by atoms with Gasteiger partial charge in [-0.05, 0) is 0 Å². The van der Waals surface area contributed by atoms with Gasteiger partial charge < -0.3 is 19.6 Å². The third-order valence-electron chi connectivity index (χ3n) is 1.76. The van der Waals surface area contributed by atoms with Gasteiger partial charge >= 0.3 is 7.82 Å². The van der Waals surface area contributed by atoms with E-state index < -0.39 is 38.0 Å². The number of hydrogen-bond donors (Lipinski definition) is 3. The monoisotopic (exact) mass is 242 g/mol. The van der Waals surface area contributed by atoms with Crippen LogP contribution in [0.25, 0.3) is 0 Å². The molecule has 0 saturated carbocycles. The molecule has 0 aromatic heterocycles. The van der Waals surface area contributed by atoms with Crippen LogP contribution in [-0.2, 0) is 13.8 Å². The second kappa shape index (κ2) is 4.49. The Morgan fingerprint density at radius 3 is 2.50 bits per heavy atom. The maximum atomic E-state index is 10.3. The van der Waals surface area contributed by atoms with Crippen LogP contribution in [0.3, 0.4) is 0 Å². The van der Waals surface area contributed by atoms with E-state index in [1.165, 1.54) is 0 Å². The number of ether oxygens (including phenoxy) is 1. The van der Waals surface area contributed by atoms with Crippen LogP contribution < -0.4 is 0 Å². The van der Waals surface area contributed by atoms with Gasteiger partial charge in [0.25, 0.3) is 0 Å². The fourth-order valence-electron chi connectivity index (χ4n) is 1.07. The summed E-state index contributed by atoms with van der Waals surface area (Å²) in [6.07, 6.45) is -2.02. The maximum Gasteiger partial charge on any atom is 0.469 e. The molecule has 1 heterocycles. The summed E-state index contributed by atoms with van der Waals surface area (Å²) in [6.45, 7) is -0.456. The van der Waals surface area contributed by atoms with Gasteiger partial charge in [0.15, 0.2) is 0 Å². The van der Waals surface area contributed by atoms with Crippen molar-refractivity contribution in [2.45, 2.75) is 23.6 Å². The topological polar surface area (TPSA) is 96.2 Å². The lowest BCUT2D eigenvalue weighted by molar-refractivity contribution is -0.00417. The molecule has 1 saturated heterocycles. The van der Waals surface area contributed by atoms with Crippen molar-refractivity contribution in [2.24, 2.45) is 0 Å². The summed E-state index contributed by atoms with van der Waals surface area (Å²) >= 11 is 5.61. The minimum Gasteiger partial charge on any atom is -0.389 e. The highest BCUT2D eigenvalue weighted by Gasteiger charge is 2.40. The third-order valence-corrected chi connectivity index (χ3v) is 2.75. The first-order valence-corrected chi connectivity index (χ1v) is 5.71. The van der Waals surface area contributed by atoms with Crippen LogP contribution in [0.4, 0.5) is 0 Å². The highest BCUT2D eigenvalue weighted by atomic mass is 35.5. The van der Waals surface area contributed by atoms with Crippen LogP contribution in [0.15, 0.2) is 0 Å². The number of aliphatic hydroxyl groups is 1. The van der Waals surface area contributed by atoms with E-state index in [4.69, 9.17) is 34.0 Å². The van der Waals surface area contributed by atoms with E-state index in [9.17, 15) is 9.67 Å². The number of aliphatic hydroxyl groups excluding tert-OH is 1. The minimum atomic E-state index is -4.56. The Balaban J connectivity index is 2.44. The van der Waals surface area contributed by atoms with Gasteiger partial charge in [0.05, 0.1) is 12.0 Å². The smallest absolute Gasteiger partial charge is 0.389 e. The molecule has 1 rings (SSSR count).